The number of ether oxygens (including phenoxy) is 1. The summed E-state index contributed by atoms with van der Waals surface area (Å²) in [5.41, 5.74) is 1.83. The topological polar surface area (TPSA) is 119 Å². The van der Waals surface area contributed by atoms with E-state index < -0.39 is 27.4 Å². The fourth-order valence-corrected chi connectivity index (χ4v) is 3.54. The molecule has 150 valence electrons. The third-order valence-electron chi connectivity index (χ3n) is 4.08. The molecule has 10 heteroatoms. The first-order valence-electron chi connectivity index (χ1n) is 8.20. The Hall–Kier alpha value is -3.14. The molecule has 0 aliphatic heterocycles. The van der Waals surface area contributed by atoms with Crippen LogP contribution in [0.25, 0.3) is 0 Å². The van der Waals surface area contributed by atoms with Crippen molar-refractivity contribution in [2.24, 2.45) is 0 Å². The van der Waals surface area contributed by atoms with Gasteiger partial charge in [0.05, 0.1) is 18.3 Å². The Balaban J connectivity index is 2.42. The Morgan fingerprint density at radius 2 is 1.82 bits per heavy atom. The van der Waals surface area contributed by atoms with E-state index in [1.165, 1.54) is 19.2 Å². The first kappa shape index (κ1) is 21.2. The maximum Gasteiger partial charge on any atom is 0.271 e. The number of carbonyl (C=O) groups excluding carboxylic acids is 1. The molecule has 9 nitrogen and oxygen atoms in total. The van der Waals surface area contributed by atoms with Crippen LogP contribution in [0.2, 0.25) is 0 Å². The quantitative estimate of drug-likeness (QED) is 0.557. The normalized spacial score (nSPS) is 11.0. The molecule has 0 aromatic heterocycles. The number of nitrogens with zero attached hydrogens (tertiary/aromatic N) is 2. The first-order valence-corrected chi connectivity index (χ1v) is 10.1. The molecule has 0 heterocycles. The number of hydrogen-bond donors (Lipinski definition) is 1. The third kappa shape index (κ3) is 4.77. The first-order chi connectivity index (χ1) is 13.0. The zero-order chi connectivity index (χ0) is 21.1. The van der Waals surface area contributed by atoms with Crippen LogP contribution in [0.4, 0.5) is 17.1 Å². The van der Waals surface area contributed by atoms with Gasteiger partial charge in [-0.3, -0.25) is 19.2 Å². The summed E-state index contributed by atoms with van der Waals surface area (Å²) in [4.78, 5) is 23.0. The minimum absolute atomic E-state index is 0.0872. The number of para-hydroxylation sites is 1. The van der Waals surface area contributed by atoms with Gasteiger partial charge in [0.25, 0.3) is 5.69 Å². The SMILES string of the molecule is COc1ccc([N+](=O)[O-])cc1N(CC(=O)Nc1c(C)cccc1C)S(C)(=O)=O. The van der Waals surface area contributed by atoms with Crippen LogP contribution in [0.15, 0.2) is 36.4 Å². The molecular formula is C18H21N3O6S. The van der Waals surface area contributed by atoms with E-state index in [4.69, 9.17) is 4.74 Å². The van der Waals surface area contributed by atoms with Gasteiger partial charge in [0.1, 0.15) is 18.0 Å². The average molecular weight is 407 g/mol. The number of nitrogens with one attached hydrogen (secondary N) is 1. The van der Waals surface area contributed by atoms with Crippen LogP contribution in [-0.2, 0) is 14.8 Å². The highest BCUT2D eigenvalue weighted by Gasteiger charge is 2.26. The van der Waals surface area contributed by atoms with Crippen molar-refractivity contribution in [1.29, 1.82) is 0 Å². The number of hydrogen-bond acceptors (Lipinski definition) is 6. The molecule has 0 radical (unpaired) electrons. The Kier molecular flexibility index (Phi) is 6.24. The van der Waals surface area contributed by atoms with Crippen molar-refractivity contribution in [3.63, 3.8) is 0 Å². The lowest BCUT2D eigenvalue weighted by Crippen LogP contribution is -2.37. The highest BCUT2D eigenvalue weighted by molar-refractivity contribution is 7.92. The van der Waals surface area contributed by atoms with E-state index in [1.54, 1.807) is 0 Å². The van der Waals surface area contributed by atoms with Crippen molar-refractivity contribution in [2.45, 2.75) is 13.8 Å². The molecule has 0 fully saturated rings. The van der Waals surface area contributed by atoms with Crippen LogP contribution < -0.4 is 14.4 Å². The van der Waals surface area contributed by atoms with Crippen molar-refractivity contribution < 1.29 is 22.9 Å². The fourth-order valence-electron chi connectivity index (χ4n) is 2.69. The lowest BCUT2D eigenvalue weighted by Gasteiger charge is -2.24. The zero-order valence-electron chi connectivity index (χ0n) is 15.9. The van der Waals surface area contributed by atoms with Gasteiger partial charge >= 0.3 is 0 Å². The van der Waals surface area contributed by atoms with Crippen molar-refractivity contribution in [3.8, 4) is 5.75 Å². The van der Waals surface area contributed by atoms with Crippen molar-refractivity contribution in [2.75, 3.05) is 29.5 Å². The Bertz CT molecular complexity index is 1000. The van der Waals surface area contributed by atoms with E-state index in [0.717, 1.165) is 27.8 Å². The minimum atomic E-state index is -3.93. The van der Waals surface area contributed by atoms with Crippen molar-refractivity contribution in [3.05, 3.63) is 57.6 Å². The fraction of sp³-hybridized carbons (Fsp3) is 0.278. The number of sulfonamides is 1. The maximum absolute atomic E-state index is 12.6. The number of nitro groups is 1. The molecular weight excluding hydrogens is 386 g/mol. The van der Waals surface area contributed by atoms with Crippen LogP contribution in [0.3, 0.4) is 0 Å². The van der Waals surface area contributed by atoms with Gasteiger partial charge in [0, 0.05) is 17.8 Å². The lowest BCUT2D eigenvalue weighted by molar-refractivity contribution is -0.384. The van der Waals surface area contributed by atoms with E-state index in [2.05, 4.69) is 5.32 Å². The van der Waals surface area contributed by atoms with Gasteiger partial charge in [0.2, 0.25) is 15.9 Å². The van der Waals surface area contributed by atoms with Crippen molar-refractivity contribution >= 4 is 33.0 Å². The molecule has 1 amide bonds. The zero-order valence-corrected chi connectivity index (χ0v) is 16.7. The predicted molar refractivity (Wildman–Crippen MR) is 106 cm³/mol. The largest absolute Gasteiger partial charge is 0.495 e. The van der Waals surface area contributed by atoms with E-state index >= 15 is 0 Å². The maximum atomic E-state index is 12.6. The summed E-state index contributed by atoms with van der Waals surface area (Å²) in [7, 11) is -2.62. The number of nitro benzene ring substituents is 1. The number of rotatable bonds is 7. The monoisotopic (exact) mass is 407 g/mol. The summed E-state index contributed by atoms with van der Waals surface area (Å²) in [5.74, 6) is -0.493. The molecule has 0 saturated carbocycles. The summed E-state index contributed by atoms with van der Waals surface area (Å²) >= 11 is 0. The smallest absolute Gasteiger partial charge is 0.271 e. The van der Waals surface area contributed by atoms with Gasteiger partial charge in [-0.05, 0) is 31.0 Å². The summed E-state index contributed by atoms with van der Waals surface area (Å²) in [5, 5.41) is 13.8. The van der Waals surface area contributed by atoms with Gasteiger partial charge in [-0.2, -0.15) is 0 Å². The molecule has 28 heavy (non-hydrogen) atoms. The lowest BCUT2D eigenvalue weighted by atomic mass is 10.1. The van der Waals surface area contributed by atoms with E-state index in [-0.39, 0.29) is 17.1 Å². The van der Waals surface area contributed by atoms with Crippen molar-refractivity contribution in [1.82, 2.24) is 0 Å². The number of benzene rings is 2. The van der Waals surface area contributed by atoms with Gasteiger partial charge < -0.3 is 10.1 Å². The van der Waals surface area contributed by atoms with E-state index in [1.807, 2.05) is 32.0 Å². The summed E-state index contributed by atoms with van der Waals surface area (Å²) < 4.78 is 30.6. The van der Waals surface area contributed by atoms with E-state index in [0.29, 0.717) is 5.69 Å². The molecule has 0 aliphatic rings. The Morgan fingerprint density at radius 3 is 2.32 bits per heavy atom. The highest BCUT2D eigenvalue weighted by atomic mass is 32.2. The summed E-state index contributed by atoms with van der Waals surface area (Å²) in [6, 6.07) is 9.03. The van der Waals surface area contributed by atoms with Crippen LogP contribution in [0.5, 0.6) is 5.75 Å². The molecule has 2 aromatic carbocycles. The number of carbonyl (C=O) groups is 1. The number of anilines is 2. The second kappa shape index (κ2) is 8.26. The molecule has 0 unspecified atom stereocenters. The molecule has 0 aliphatic carbocycles. The van der Waals surface area contributed by atoms with Gasteiger partial charge in [-0.25, -0.2) is 8.42 Å². The summed E-state index contributed by atoms with van der Waals surface area (Å²) in [6.07, 6.45) is 0.914. The Morgan fingerprint density at radius 1 is 1.21 bits per heavy atom. The molecule has 0 saturated heterocycles. The number of non-ortho nitro benzene ring substituents is 1. The second-order valence-electron chi connectivity index (χ2n) is 6.20. The van der Waals surface area contributed by atoms with Gasteiger partial charge in [-0.1, -0.05) is 18.2 Å². The molecule has 2 aromatic rings. The standard InChI is InChI=1S/C18H21N3O6S/c1-12-6-5-7-13(2)18(12)19-17(22)11-20(28(4,25)26)15-10-14(21(23)24)8-9-16(15)27-3/h5-10H,11H2,1-4H3,(H,19,22). The highest BCUT2D eigenvalue weighted by Crippen LogP contribution is 2.33. The van der Waals surface area contributed by atoms with E-state index in [9.17, 15) is 23.3 Å². The Labute approximate surface area is 163 Å². The minimum Gasteiger partial charge on any atom is -0.495 e. The van der Waals surface area contributed by atoms with Gasteiger partial charge in [0.15, 0.2) is 0 Å². The average Bonchev–Trinajstić information content (AvgIpc) is 2.61. The predicted octanol–water partition coefficient (Wildman–Crippen LogP) is 2.62. The number of amides is 1. The van der Waals surface area contributed by atoms with Crippen LogP contribution in [-0.4, -0.2) is 39.2 Å². The molecule has 1 N–H and O–H groups in total. The summed E-state index contributed by atoms with van der Waals surface area (Å²) in [6.45, 7) is 3.07. The molecule has 0 bridgehead atoms. The van der Waals surface area contributed by atoms with Gasteiger partial charge in [-0.15, -0.1) is 0 Å². The second-order valence-corrected chi connectivity index (χ2v) is 8.10. The molecule has 0 atom stereocenters. The van der Waals surface area contributed by atoms with Crippen LogP contribution >= 0.6 is 0 Å². The number of methoxy groups -OCH3 is 1. The third-order valence-corrected chi connectivity index (χ3v) is 5.20. The number of aryl methyl sites for hydroxylation is 2. The molecule has 2 rings (SSSR count). The molecule has 0 spiro atoms. The van der Waals surface area contributed by atoms with Crippen LogP contribution in [0, 0.1) is 24.0 Å². The van der Waals surface area contributed by atoms with Crippen LogP contribution in [0.1, 0.15) is 11.1 Å².